The van der Waals surface area contributed by atoms with Gasteiger partial charge in [0.15, 0.2) is 9.84 Å². The highest BCUT2D eigenvalue weighted by molar-refractivity contribution is 7.91. The van der Waals surface area contributed by atoms with Crippen LogP contribution >= 0.6 is 0 Å². The molecular formula is C11H18N4O3S. The summed E-state index contributed by atoms with van der Waals surface area (Å²) in [5.74, 6) is 0.213. The van der Waals surface area contributed by atoms with Crippen molar-refractivity contribution in [2.75, 3.05) is 18.1 Å². The van der Waals surface area contributed by atoms with Crippen LogP contribution in [0.15, 0.2) is 18.5 Å². The Morgan fingerprint density at radius 3 is 2.95 bits per heavy atom. The molecular weight excluding hydrogens is 268 g/mol. The Balaban J connectivity index is 1.60. The number of hydrogen-bond donors (Lipinski definition) is 2. The quantitative estimate of drug-likeness (QED) is 0.731. The van der Waals surface area contributed by atoms with Crippen molar-refractivity contribution in [2.24, 2.45) is 0 Å². The third-order valence-electron chi connectivity index (χ3n) is 2.98. The zero-order chi connectivity index (χ0) is 13.7. The van der Waals surface area contributed by atoms with E-state index >= 15 is 0 Å². The van der Waals surface area contributed by atoms with Crippen LogP contribution in [0.1, 0.15) is 12.8 Å². The van der Waals surface area contributed by atoms with E-state index in [1.807, 2.05) is 12.3 Å². The molecule has 2 rings (SSSR count). The average molecular weight is 286 g/mol. The van der Waals surface area contributed by atoms with Crippen molar-refractivity contribution in [3.8, 4) is 0 Å². The minimum absolute atomic E-state index is 0.0493. The molecule has 2 N–H and O–H groups in total. The third kappa shape index (κ3) is 4.55. The summed E-state index contributed by atoms with van der Waals surface area (Å²) in [6.45, 7) is 1.27. The van der Waals surface area contributed by atoms with Crippen molar-refractivity contribution in [3.05, 3.63) is 18.5 Å². The number of urea groups is 1. The monoisotopic (exact) mass is 286 g/mol. The Morgan fingerprint density at radius 2 is 2.32 bits per heavy atom. The summed E-state index contributed by atoms with van der Waals surface area (Å²) in [4.78, 5) is 11.5. The van der Waals surface area contributed by atoms with Gasteiger partial charge in [0, 0.05) is 31.5 Å². The van der Waals surface area contributed by atoms with Gasteiger partial charge in [-0.15, -0.1) is 0 Å². The number of aromatic nitrogens is 2. The van der Waals surface area contributed by atoms with Crippen molar-refractivity contribution >= 4 is 15.9 Å². The molecule has 0 saturated carbocycles. The van der Waals surface area contributed by atoms with Gasteiger partial charge < -0.3 is 10.6 Å². The van der Waals surface area contributed by atoms with Gasteiger partial charge in [-0.1, -0.05) is 0 Å². The van der Waals surface area contributed by atoms with Gasteiger partial charge in [-0.2, -0.15) is 5.10 Å². The number of carbonyl (C=O) groups is 1. The molecule has 1 fully saturated rings. The number of carbonyl (C=O) groups excluding carboxylic acids is 1. The lowest BCUT2D eigenvalue weighted by Crippen LogP contribution is -2.43. The maximum Gasteiger partial charge on any atom is 0.315 e. The van der Waals surface area contributed by atoms with E-state index in [4.69, 9.17) is 0 Å². The highest BCUT2D eigenvalue weighted by Gasteiger charge is 2.28. The Hall–Kier alpha value is -1.57. The van der Waals surface area contributed by atoms with Crippen LogP contribution in [0.3, 0.4) is 0 Å². The third-order valence-corrected chi connectivity index (χ3v) is 4.74. The first-order valence-corrected chi connectivity index (χ1v) is 8.09. The minimum atomic E-state index is -2.95. The smallest absolute Gasteiger partial charge is 0.315 e. The van der Waals surface area contributed by atoms with E-state index in [1.54, 1.807) is 10.9 Å². The summed E-state index contributed by atoms with van der Waals surface area (Å²) in [5, 5.41) is 9.44. The first kappa shape index (κ1) is 13.9. The van der Waals surface area contributed by atoms with Crippen molar-refractivity contribution in [1.82, 2.24) is 20.4 Å². The number of amides is 2. The second kappa shape index (κ2) is 6.05. The van der Waals surface area contributed by atoms with E-state index in [2.05, 4.69) is 15.7 Å². The predicted octanol–water partition coefficient (Wildman–Crippen LogP) is -0.240. The lowest BCUT2D eigenvalue weighted by molar-refractivity contribution is 0.237. The lowest BCUT2D eigenvalue weighted by Gasteiger charge is -2.11. The SMILES string of the molecule is O=C(NCCCn1cccn1)N[C@@H]1CCS(=O)(=O)C1. The molecule has 2 amide bonds. The summed E-state index contributed by atoms with van der Waals surface area (Å²) >= 11 is 0. The highest BCUT2D eigenvalue weighted by Crippen LogP contribution is 2.10. The van der Waals surface area contributed by atoms with Gasteiger partial charge in [0.2, 0.25) is 0 Å². The van der Waals surface area contributed by atoms with Crippen LogP contribution in [0, 0.1) is 0 Å². The molecule has 0 aliphatic carbocycles. The van der Waals surface area contributed by atoms with Crippen LogP contribution in [0.2, 0.25) is 0 Å². The Kier molecular flexibility index (Phi) is 4.41. The molecule has 1 aromatic heterocycles. The van der Waals surface area contributed by atoms with Crippen LogP contribution in [-0.4, -0.2) is 48.3 Å². The number of nitrogens with one attached hydrogen (secondary N) is 2. The maximum atomic E-state index is 11.5. The van der Waals surface area contributed by atoms with Gasteiger partial charge in [-0.3, -0.25) is 4.68 Å². The Morgan fingerprint density at radius 1 is 1.47 bits per heavy atom. The average Bonchev–Trinajstić information content (AvgIpc) is 2.94. The number of sulfone groups is 1. The van der Waals surface area contributed by atoms with Crippen molar-refractivity contribution in [1.29, 1.82) is 0 Å². The van der Waals surface area contributed by atoms with E-state index in [1.165, 1.54) is 0 Å². The highest BCUT2D eigenvalue weighted by atomic mass is 32.2. The molecule has 19 heavy (non-hydrogen) atoms. The minimum Gasteiger partial charge on any atom is -0.338 e. The molecule has 8 heteroatoms. The maximum absolute atomic E-state index is 11.5. The second-order valence-corrected chi connectivity index (χ2v) is 6.85. The summed E-state index contributed by atoms with van der Waals surface area (Å²) in [6, 6.07) is 1.29. The lowest BCUT2D eigenvalue weighted by atomic mass is 10.3. The molecule has 1 aliphatic heterocycles. The fourth-order valence-electron chi connectivity index (χ4n) is 2.02. The molecule has 1 saturated heterocycles. The van der Waals surface area contributed by atoms with Gasteiger partial charge in [0.25, 0.3) is 0 Å². The number of rotatable bonds is 5. The molecule has 0 spiro atoms. The molecule has 1 aromatic rings. The van der Waals surface area contributed by atoms with Crippen LogP contribution in [0.25, 0.3) is 0 Å². The summed E-state index contributed by atoms with van der Waals surface area (Å²) in [6.07, 6.45) is 4.85. The number of aryl methyl sites for hydroxylation is 1. The van der Waals surface area contributed by atoms with E-state index < -0.39 is 9.84 Å². The molecule has 106 valence electrons. The normalized spacial score (nSPS) is 21.2. The molecule has 0 bridgehead atoms. The summed E-state index contributed by atoms with van der Waals surface area (Å²) < 4.78 is 24.3. The molecule has 1 atom stereocenters. The number of nitrogens with zero attached hydrogens (tertiary/aromatic N) is 2. The van der Waals surface area contributed by atoms with E-state index in [-0.39, 0.29) is 23.6 Å². The van der Waals surface area contributed by atoms with Gasteiger partial charge in [-0.25, -0.2) is 13.2 Å². The largest absolute Gasteiger partial charge is 0.338 e. The zero-order valence-corrected chi connectivity index (χ0v) is 11.4. The van der Waals surface area contributed by atoms with Crippen LogP contribution < -0.4 is 10.6 Å². The predicted molar refractivity (Wildman–Crippen MR) is 70.4 cm³/mol. The van der Waals surface area contributed by atoms with Crippen LogP contribution in [0.4, 0.5) is 4.79 Å². The fraction of sp³-hybridized carbons (Fsp3) is 0.636. The zero-order valence-electron chi connectivity index (χ0n) is 10.6. The van der Waals surface area contributed by atoms with Crippen LogP contribution in [-0.2, 0) is 16.4 Å². The molecule has 7 nitrogen and oxygen atoms in total. The fourth-order valence-corrected chi connectivity index (χ4v) is 3.69. The molecule has 1 aliphatic rings. The van der Waals surface area contributed by atoms with Crippen LogP contribution in [0.5, 0.6) is 0 Å². The number of hydrogen-bond acceptors (Lipinski definition) is 4. The summed E-state index contributed by atoms with van der Waals surface area (Å²) in [5.41, 5.74) is 0. The van der Waals surface area contributed by atoms with Gasteiger partial charge in [0.05, 0.1) is 11.5 Å². The topological polar surface area (TPSA) is 93.1 Å². The van der Waals surface area contributed by atoms with Gasteiger partial charge in [0.1, 0.15) is 0 Å². The first-order valence-electron chi connectivity index (χ1n) is 6.27. The second-order valence-electron chi connectivity index (χ2n) is 4.62. The standard InChI is InChI=1S/C11H18N4O3S/c16-11(14-10-3-8-19(17,18)9-10)12-4-1-6-15-7-2-5-13-15/h2,5,7,10H,1,3-4,6,8-9H2,(H2,12,14,16)/t10-/m1/s1. The molecule has 0 aromatic carbocycles. The van der Waals surface area contributed by atoms with E-state index in [0.717, 1.165) is 13.0 Å². The van der Waals surface area contributed by atoms with E-state index in [9.17, 15) is 13.2 Å². The van der Waals surface area contributed by atoms with Crippen molar-refractivity contribution < 1.29 is 13.2 Å². The van der Waals surface area contributed by atoms with Gasteiger partial charge in [-0.05, 0) is 18.9 Å². The van der Waals surface area contributed by atoms with Crippen molar-refractivity contribution in [3.63, 3.8) is 0 Å². The molecule has 2 heterocycles. The Labute approximate surface area is 112 Å². The first-order chi connectivity index (χ1) is 9.05. The van der Waals surface area contributed by atoms with E-state index in [0.29, 0.717) is 13.0 Å². The summed E-state index contributed by atoms with van der Waals surface area (Å²) in [7, 11) is -2.95. The Bertz CT molecular complexity index is 512. The van der Waals surface area contributed by atoms with Gasteiger partial charge >= 0.3 is 6.03 Å². The molecule has 0 radical (unpaired) electrons. The molecule has 0 unspecified atom stereocenters. The van der Waals surface area contributed by atoms with Crippen molar-refractivity contribution in [2.45, 2.75) is 25.4 Å².